The molecule has 0 bridgehead atoms. The highest BCUT2D eigenvalue weighted by molar-refractivity contribution is 7.91. The van der Waals surface area contributed by atoms with Crippen LogP contribution in [0.3, 0.4) is 0 Å². The van der Waals surface area contributed by atoms with Crippen molar-refractivity contribution >= 4 is 15.8 Å². The molecule has 2 N–H and O–H groups in total. The molecule has 1 aliphatic rings. The quantitative estimate of drug-likeness (QED) is 0.520. The zero-order valence-corrected chi connectivity index (χ0v) is 13.4. The van der Waals surface area contributed by atoms with E-state index in [-0.39, 0.29) is 17.2 Å². The van der Waals surface area contributed by atoms with Crippen molar-refractivity contribution in [2.45, 2.75) is 30.6 Å². The number of likely N-dealkylation sites (tertiary alicyclic amines) is 1. The van der Waals surface area contributed by atoms with Crippen LogP contribution in [0.4, 0.5) is 4.39 Å². The van der Waals surface area contributed by atoms with Crippen LogP contribution in [0.1, 0.15) is 25.7 Å². The molecule has 0 aromatic heterocycles. The van der Waals surface area contributed by atoms with Gasteiger partial charge in [-0.15, -0.1) is 0 Å². The average Bonchev–Trinajstić information content (AvgIpc) is 2.76. The minimum atomic E-state index is -3.46. The van der Waals surface area contributed by atoms with Gasteiger partial charge in [0.2, 0.25) is 0 Å². The summed E-state index contributed by atoms with van der Waals surface area (Å²) >= 11 is 0. The smallest absolute Gasteiger partial charge is 0.191 e. The first-order chi connectivity index (χ1) is 10.5. The molecule has 0 aliphatic carbocycles. The fourth-order valence-electron chi connectivity index (χ4n) is 2.44. The number of rotatable bonds is 4. The highest BCUT2D eigenvalue weighted by Crippen LogP contribution is 2.12. The molecule has 1 aromatic carbocycles. The van der Waals surface area contributed by atoms with E-state index in [1.165, 1.54) is 25.0 Å². The lowest BCUT2D eigenvalue weighted by molar-refractivity contribution is 0.429. The summed E-state index contributed by atoms with van der Waals surface area (Å²) < 4.78 is 37.1. The number of nitrogens with zero attached hydrogens (tertiary/aromatic N) is 2. The van der Waals surface area contributed by atoms with Gasteiger partial charge in [0, 0.05) is 13.1 Å². The predicted octanol–water partition coefficient (Wildman–Crippen LogP) is 1.79. The largest absolute Gasteiger partial charge is 0.370 e. The second-order valence-corrected chi connectivity index (χ2v) is 7.52. The van der Waals surface area contributed by atoms with Gasteiger partial charge in [-0.2, -0.15) is 0 Å². The van der Waals surface area contributed by atoms with Gasteiger partial charge >= 0.3 is 0 Å². The normalized spacial score (nSPS) is 17.3. The first-order valence-electron chi connectivity index (χ1n) is 7.52. The number of benzene rings is 1. The van der Waals surface area contributed by atoms with E-state index >= 15 is 0 Å². The molecule has 1 heterocycles. The van der Waals surface area contributed by atoms with E-state index in [0.29, 0.717) is 5.96 Å². The third-order valence-corrected chi connectivity index (χ3v) is 5.45. The van der Waals surface area contributed by atoms with E-state index in [9.17, 15) is 12.8 Å². The van der Waals surface area contributed by atoms with Gasteiger partial charge < -0.3 is 10.6 Å². The van der Waals surface area contributed by atoms with Gasteiger partial charge in [0.25, 0.3) is 0 Å². The summed E-state index contributed by atoms with van der Waals surface area (Å²) in [7, 11) is -3.46. The summed E-state index contributed by atoms with van der Waals surface area (Å²) in [6, 6.07) is 4.82. The van der Waals surface area contributed by atoms with Gasteiger partial charge in [-0.1, -0.05) is 12.8 Å². The maximum atomic E-state index is 12.8. The van der Waals surface area contributed by atoms with Crippen LogP contribution in [0.25, 0.3) is 0 Å². The van der Waals surface area contributed by atoms with Crippen LogP contribution in [0, 0.1) is 5.82 Å². The van der Waals surface area contributed by atoms with Crippen molar-refractivity contribution < 1.29 is 12.8 Å². The molecule has 5 nitrogen and oxygen atoms in total. The number of halogens is 1. The highest BCUT2D eigenvalue weighted by atomic mass is 32.2. The Balaban J connectivity index is 1.93. The number of hydrogen-bond acceptors (Lipinski definition) is 3. The van der Waals surface area contributed by atoms with Gasteiger partial charge in [0.15, 0.2) is 15.8 Å². The number of aliphatic imine (C=N–C) groups is 1. The topological polar surface area (TPSA) is 75.8 Å². The fraction of sp³-hybridized carbons (Fsp3) is 0.533. The Labute approximate surface area is 130 Å². The van der Waals surface area contributed by atoms with Crippen molar-refractivity contribution in [3.05, 3.63) is 30.1 Å². The molecule has 7 heteroatoms. The summed E-state index contributed by atoms with van der Waals surface area (Å²) in [6.45, 7) is 1.86. The molecule has 1 aliphatic heterocycles. The molecule has 1 fully saturated rings. The SMILES string of the molecule is NC(=NCCS(=O)(=O)c1ccc(F)cc1)N1CCCCCC1. The van der Waals surface area contributed by atoms with E-state index in [1.807, 2.05) is 4.90 Å². The van der Waals surface area contributed by atoms with Crippen molar-refractivity contribution in [1.82, 2.24) is 4.90 Å². The van der Waals surface area contributed by atoms with Gasteiger partial charge in [-0.3, -0.25) is 4.99 Å². The Morgan fingerprint density at radius 1 is 1.14 bits per heavy atom. The molecular weight excluding hydrogens is 305 g/mol. The number of guanidine groups is 1. The maximum Gasteiger partial charge on any atom is 0.191 e. The molecule has 0 saturated carbocycles. The number of hydrogen-bond donors (Lipinski definition) is 1. The van der Waals surface area contributed by atoms with Crippen molar-refractivity contribution in [3.8, 4) is 0 Å². The summed E-state index contributed by atoms with van der Waals surface area (Å²) in [5, 5.41) is 0. The second kappa shape index (κ2) is 7.58. The molecule has 0 amide bonds. The van der Waals surface area contributed by atoms with E-state index in [4.69, 9.17) is 5.73 Å². The third kappa shape index (κ3) is 4.69. The van der Waals surface area contributed by atoms with Gasteiger partial charge in [-0.25, -0.2) is 12.8 Å². The first-order valence-corrected chi connectivity index (χ1v) is 9.17. The van der Waals surface area contributed by atoms with E-state index in [2.05, 4.69) is 4.99 Å². The van der Waals surface area contributed by atoms with Crippen LogP contribution < -0.4 is 5.73 Å². The van der Waals surface area contributed by atoms with Crippen molar-refractivity contribution in [1.29, 1.82) is 0 Å². The van der Waals surface area contributed by atoms with Crippen LogP contribution in [0.5, 0.6) is 0 Å². The summed E-state index contributed by atoms with van der Waals surface area (Å²) in [5.41, 5.74) is 5.94. The molecule has 122 valence electrons. The first kappa shape index (κ1) is 16.7. The van der Waals surface area contributed by atoms with Crippen molar-refractivity contribution in [2.24, 2.45) is 10.7 Å². The number of nitrogens with two attached hydrogens (primary N) is 1. The molecule has 1 saturated heterocycles. The highest BCUT2D eigenvalue weighted by Gasteiger charge is 2.15. The summed E-state index contributed by atoms with van der Waals surface area (Å²) in [6.07, 6.45) is 4.57. The Hall–Kier alpha value is -1.63. The summed E-state index contributed by atoms with van der Waals surface area (Å²) in [5.74, 6) is -0.175. The van der Waals surface area contributed by atoms with Gasteiger partial charge in [0.05, 0.1) is 17.2 Å². The predicted molar refractivity (Wildman–Crippen MR) is 85.0 cm³/mol. The number of sulfone groups is 1. The van der Waals surface area contributed by atoms with Crippen LogP contribution in [0.2, 0.25) is 0 Å². The molecular formula is C15H22FN3O2S. The van der Waals surface area contributed by atoms with Crippen LogP contribution in [-0.2, 0) is 9.84 Å². The lowest BCUT2D eigenvalue weighted by atomic mass is 10.2. The standard InChI is InChI=1S/C15H22FN3O2S/c16-13-5-7-14(8-6-13)22(20,21)12-9-18-15(17)19-10-3-1-2-4-11-19/h5-8H,1-4,9-12H2,(H2,17,18). The Morgan fingerprint density at radius 3 is 2.32 bits per heavy atom. The fourth-order valence-corrected chi connectivity index (χ4v) is 3.56. The zero-order valence-electron chi connectivity index (χ0n) is 12.5. The summed E-state index contributed by atoms with van der Waals surface area (Å²) in [4.78, 5) is 6.31. The molecule has 0 unspecified atom stereocenters. The van der Waals surface area contributed by atoms with E-state index < -0.39 is 15.7 Å². The molecule has 2 rings (SSSR count). The van der Waals surface area contributed by atoms with Crippen LogP contribution in [0.15, 0.2) is 34.2 Å². The van der Waals surface area contributed by atoms with E-state index in [1.54, 1.807) is 0 Å². The zero-order chi connectivity index (χ0) is 16.0. The third-order valence-electron chi connectivity index (χ3n) is 3.74. The average molecular weight is 327 g/mol. The molecule has 22 heavy (non-hydrogen) atoms. The van der Waals surface area contributed by atoms with E-state index in [0.717, 1.165) is 38.1 Å². The lowest BCUT2D eigenvalue weighted by Crippen LogP contribution is -2.38. The minimum Gasteiger partial charge on any atom is -0.370 e. The van der Waals surface area contributed by atoms with Gasteiger partial charge in [-0.05, 0) is 37.1 Å². The van der Waals surface area contributed by atoms with Crippen LogP contribution in [-0.4, -0.2) is 44.7 Å². The molecule has 0 radical (unpaired) electrons. The van der Waals surface area contributed by atoms with Gasteiger partial charge in [0.1, 0.15) is 5.82 Å². The molecule has 0 spiro atoms. The monoisotopic (exact) mass is 327 g/mol. The molecule has 0 atom stereocenters. The maximum absolute atomic E-state index is 12.8. The van der Waals surface area contributed by atoms with Crippen molar-refractivity contribution in [2.75, 3.05) is 25.4 Å². The lowest BCUT2D eigenvalue weighted by Gasteiger charge is -2.21. The molecule has 1 aromatic rings. The van der Waals surface area contributed by atoms with Crippen molar-refractivity contribution in [3.63, 3.8) is 0 Å². The Kier molecular flexibility index (Phi) is 5.76. The Morgan fingerprint density at radius 2 is 1.73 bits per heavy atom. The van der Waals surface area contributed by atoms with Crippen LogP contribution >= 0.6 is 0 Å². The second-order valence-electron chi connectivity index (χ2n) is 5.41. The minimum absolute atomic E-state index is 0.109. The Bertz CT molecular complexity index is 606.